The molecule has 128 valence electrons. The van der Waals surface area contributed by atoms with Crippen LogP contribution in [0.2, 0.25) is 0 Å². The Bertz CT molecular complexity index is 673. The summed E-state index contributed by atoms with van der Waals surface area (Å²) in [6.45, 7) is 6.80. The summed E-state index contributed by atoms with van der Waals surface area (Å²) < 4.78 is 0. The van der Waals surface area contributed by atoms with Gasteiger partial charge in [0, 0.05) is 31.2 Å². The van der Waals surface area contributed by atoms with E-state index in [1.165, 1.54) is 17.0 Å². The molecule has 7 heteroatoms. The van der Waals surface area contributed by atoms with E-state index in [2.05, 4.69) is 63.8 Å². The molecule has 2 heterocycles. The van der Waals surface area contributed by atoms with E-state index in [-0.39, 0.29) is 6.03 Å². The molecule has 1 saturated heterocycles. The van der Waals surface area contributed by atoms with Gasteiger partial charge in [0.2, 0.25) is 5.13 Å². The summed E-state index contributed by atoms with van der Waals surface area (Å²) in [6.07, 6.45) is 1.09. The Hall–Kier alpha value is -2.15. The number of hydrogen-bond acceptors (Lipinski definition) is 5. The van der Waals surface area contributed by atoms with Crippen molar-refractivity contribution in [1.29, 1.82) is 0 Å². The van der Waals surface area contributed by atoms with E-state index in [1.807, 2.05) is 6.07 Å². The first-order chi connectivity index (χ1) is 11.6. The summed E-state index contributed by atoms with van der Waals surface area (Å²) in [7, 11) is 0. The average Bonchev–Trinajstić information content (AvgIpc) is 3.23. The van der Waals surface area contributed by atoms with Gasteiger partial charge in [-0.3, -0.25) is 5.32 Å². The quantitative estimate of drug-likeness (QED) is 0.872. The molecule has 0 unspecified atom stereocenters. The highest BCUT2D eigenvalue weighted by Gasteiger charge is 2.23. The highest BCUT2D eigenvalue weighted by molar-refractivity contribution is 7.15. The van der Waals surface area contributed by atoms with Gasteiger partial charge in [0.05, 0.1) is 0 Å². The fraction of sp³-hybridized carbons (Fsp3) is 0.471. The van der Waals surface area contributed by atoms with Crippen LogP contribution < -0.4 is 15.5 Å². The van der Waals surface area contributed by atoms with Crippen LogP contribution in [0.25, 0.3) is 0 Å². The van der Waals surface area contributed by atoms with Crippen LogP contribution in [0.4, 0.5) is 15.6 Å². The van der Waals surface area contributed by atoms with Crippen molar-refractivity contribution in [3.8, 4) is 0 Å². The maximum atomic E-state index is 12.0. The third kappa shape index (κ3) is 4.23. The number of amides is 2. The number of nitrogens with zero attached hydrogens (tertiary/aromatic N) is 3. The lowest BCUT2D eigenvalue weighted by Crippen LogP contribution is -2.34. The molecule has 1 fully saturated rings. The zero-order valence-electron chi connectivity index (χ0n) is 14.0. The summed E-state index contributed by atoms with van der Waals surface area (Å²) in [5.41, 5.74) is 1.25. The molecule has 0 aliphatic carbocycles. The Morgan fingerprint density at radius 3 is 2.83 bits per heavy atom. The zero-order chi connectivity index (χ0) is 16.9. The van der Waals surface area contributed by atoms with Gasteiger partial charge in [-0.2, -0.15) is 0 Å². The number of carbonyl (C=O) groups is 1. The van der Waals surface area contributed by atoms with Crippen molar-refractivity contribution in [1.82, 2.24) is 15.5 Å². The largest absolute Gasteiger partial charge is 0.371 e. The summed E-state index contributed by atoms with van der Waals surface area (Å²) in [4.78, 5) is 14.4. The van der Waals surface area contributed by atoms with Gasteiger partial charge >= 0.3 is 6.03 Å². The van der Waals surface area contributed by atoms with Gasteiger partial charge in [-0.15, -0.1) is 10.2 Å². The number of anilines is 2. The number of aromatic nitrogens is 2. The molecule has 2 amide bonds. The van der Waals surface area contributed by atoms with Crippen LogP contribution in [0.5, 0.6) is 0 Å². The first-order valence-electron chi connectivity index (χ1n) is 8.30. The third-order valence-electron chi connectivity index (χ3n) is 4.11. The van der Waals surface area contributed by atoms with Gasteiger partial charge in [0.1, 0.15) is 5.01 Å². The summed E-state index contributed by atoms with van der Waals surface area (Å²) in [5.74, 6) is 0.792. The molecule has 24 heavy (non-hydrogen) atoms. The fourth-order valence-corrected chi connectivity index (χ4v) is 3.51. The SMILES string of the molecule is CC(C)c1nnc(NC(=O)NC[C@@H]2CCN(c3ccccc3)C2)s1. The molecule has 6 nitrogen and oxygen atoms in total. The van der Waals surface area contributed by atoms with Crippen LogP contribution in [0, 0.1) is 5.92 Å². The van der Waals surface area contributed by atoms with Gasteiger partial charge < -0.3 is 10.2 Å². The second-order valence-electron chi connectivity index (χ2n) is 6.37. The van der Waals surface area contributed by atoms with E-state index in [1.54, 1.807) is 0 Å². The molecule has 0 bridgehead atoms. The van der Waals surface area contributed by atoms with E-state index in [4.69, 9.17) is 0 Å². The molecule has 0 radical (unpaired) electrons. The molecule has 1 aliphatic rings. The Morgan fingerprint density at radius 1 is 1.33 bits per heavy atom. The molecule has 1 aromatic heterocycles. The number of nitrogens with one attached hydrogen (secondary N) is 2. The topological polar surface area (TPSA) is 70.1 Å². The lowest BCUT2D eigenvalue weighted by molar-refractivity contribution is 0.250. The molecular weight excluding hydrogens is 322 g/mol. The number of rotatable bonds is 5. The predicted octanol–water partition coefficient (Wildman–Crippen LogP) is 3.31. The van der Waals surface area contributed by atoms with E-state index in [0.717, 1.165) is 24.5 Å². The van der Waals surface area contributed by atoms with Crippen LogP contribution in [-0.2, 0) is 0 Å². The standard InChI is InChI=1S/C17H23N5OS/c1-12(2)15-20-21-17(24-15)19-16(23)18-10-13-8-9-22(11-13)14-6-4-3-5-7-14/h3-7,12-13H,8-11H2,1-2H3,(H2,18,19,21,23)/t13-/m0/s1. The minimum atomic E-state index is -0.209. The number of carbonyl (C=O) groups excluding carboxylic acids is 1. The molecular formula is C17H23N5OS. The highest BCUT2D eigenvalue weighted by Crippen LogP contribution is 2.24. The van der Waals surface area contributed by atoms with Crippen molar-refractivity contribution in [2.24, 2.45) is 5.92 Å². The smallest absolute Gasteiger partial charge is 0.321 e. The lowest BCUT2D eigenvalue weighted by atomic mass is 10.1. The van der Waals surface area contributed by atoms with Gasteiger partial charge in [0.15, 0.2) is 0 Å². The number of benzene rings is 1. The molecule has 0 saturated carbocycles. The third-order valence-corrected chi connectivity index (χ3v) is 5.25. The normalized spacial score (nSPS) is 17.3. The first-order valence-corrected chi connectivity index (χ1v) is 9.11. The predicted molar refractivity (Wildman–Crippen MR) is 97.8 cm³/mol. The Kier molecular flexibility index (Phi) is 5.30. The maximum absolute atomic E-state index is 12.0. The van der Waals surface area contributed by atoms with Gasteiger partial charge in [-0.25, -0.2) is 4.79 Å². The average molecular weight is 345 g/mol. The van der Waals surface area contributed by atoms with Crippen LogP contribution >= 0.6 is 11.3 Å². The van der Waals surface area contributed by atoms with Crippen molar-refractivity contribution in [2.75, 3.05) is 29.9 Å². The molecule has 2 aromatic rings. The first kappa shape index (κ1) is 16.7. The Morgan fingerprint density at radius 2 is 2.12 bits per heavy atom. The van der Waals surface area contributed by atoms with Crippen molar-refractivity contribution < 1.29 is 4.79 Å². The summed E-state index contributed by atoms with van der Waals surface area (Å²) >= 11 is 1.42. The molecule has 1 aliphatic heterocycles. The fourth-order valence-electron chi connectivity index (χ4n) is 2.77. The van der Waals surface area contributed by atoms with Crippen LogP contribution in [0.1, 0.15) is 31.2 Å². The van der Waals surface area contributed by atoms with Gasteiger partial charge in [0.25, 0.3) is 0 Å². The van der Waals surface area contributed by atoms with Crippen molar-refractivity contribution in [3.63, 3.8) is 0 Å². The van der Waals surface area contributed by atoms with E-state index in [0.29, 0.717) is 23.5 Å². The van der Waals surface area contributed by atoms with Gasteiger partial charge in [-0.05, 0) is 24.5 Å². The zero-order valence-corrected chi connectivity index (χ0v) is 14.8. The number of para-hydroxylation sites is 1. The Labute approximate surface area is 146 Å². The summed E-state index contributed by atoms with van der Waals surface area (Å²) in [5, 5.41) is 15.3. The minimum absolute atomic E-state index is 0.209. The lowest BCUT2D eigenvalue weighted by Gasteiger charge is -2.18. The second-order valence-corrected chi connectivity index (χ2v) is 7.38. The maximum Gasteiger partial charge on any atom is 0.321 e. The van der Waals surface area contributed by atoms with E-state index < -0.39 is 0 Å². The molecule has 2 N–H and O–H groups in total. The van der Waals surface area contributed by atoms with Crippen molar-refractivity contribution in [3.05, 3.63) is 35.3 Å². The van der Waals surface area contributed by atoms with Crippen molar-refractivity contribution in [2.45, 2.75) is 26.2 Å². The number of hydrogen-bond donors (Lipinski definition) is 2. The Balaban J connectivity index is 1.43. The molecule has 0 spiro atoms. The number of urea groups is 1. The molecule has 1 aromatic carbocycles. The minimum Gasteiger partial charge on any atom is -0.371 e. The monoisotopic (exact) mass is 345 g/mol. The van der Waals surface area contributed by atoms with Crippen molar-refractivity contribution >= 4 is 28.2 Å². The van der Waals surface area contributed by atoms with Crippen LogP contribution in [-0.4, -0.2) is 35.9 Å². The van der Waals surface area contributed by atoms with E-state index >= 15 is 0 Å². The van der Waals surface area contributed by atoms with E-state index in [9.17, 15) is 4.79 Å². The second kappa shape index (κ2) is 7.61. The van der Waals surface area contributed by atoms with Gasteiger partial charge in [-0.1, -0.05) is 43.4 Å². The van der Waals surface area contributed by atoms with Crippen LogP contribution in [0.3, 0.4) is 0 Å². The summed E-state index contributed by atoms with van der Waals surface area (Å²) in [6, 6.07) is 10.2. The molecule has 1 atom stereocenters. The molecule has 3 rings (SSSR count). The highest BCUT2D eigenvalue weighted by atomic mass is 32.1. The van der Waals surface area contributed by atoms with Crippen LogP contribution in [0.15, 0.2) is 30.3 Å².